The molecule has 2 aromatic carbocycles. The van der Waals surface area contributed by atoms with Crippen molar-refractivity contribution in [2.24, 2.45) is 5.92 Å². The van der Waals surface area contributed by atoms with Gasteiger partial charge < -0.3 is 20.6 Å². The number of hydrogen-bond acceptors (Lipinski definition) is 6. The van der Waals surface area contributed by atoms with E-state index in [-0.39, 0.29) is 55.4 Å². The van der Waals surface area contributed by atoms with Gasteiger partial charge in [0.25, 0.3) is 0 Å². The van der Waals surface area contributed by atoms with E-state index in [1.54, 1.807) is 30.0 Å². The van der Waals surface area contributed by atoms with E-state index in [1.807, 2.05) is 6.92 Å². The fourth-order valence-corrected chi connectivity index (χ4v) is 7.03. The Bertz CT molecular complexity index is 1340. The van der Waals surface area contributed by atoms with E-state index < -0.39 is 51.7 Å². The SMILES string of the molecule is CCCCN1CC(C(=O)NC(Cc2cc(F)cc(F)c2)[C@H](O)[C@H]2CN(S(=O)(=O)c3cccc(C)c3)CCN2)CC1=O. The van der Waals surface area contributed by atoms with Gasteiger partial charge in [-0.2, -0.15) is 4.31 Å². The first-order chi connectivity index (χ1) is 19.5. The second-order valence-corrected chi connectivity index (χ2v) is 12.9. The van der Waals surface area contributed by atoms with Crippen LogP contribution in [-0.2, 0) is 26.0 Å². The molecule has 2 aromatic rings. The average Bonchev–Trinajstić information content (AvgIpc) is 3.31. The number of sulfonamides is 1. The van der Waals surface area contributed by atoms with Gasteiger partial charge in [-0.05, 0) is 55.2 Å². The van der Waals surface area contributed by atoms with Gasteiger partial charge >= 0.3 is 0 Å². The molecule has 2 saturated heterocycles. The van der Waals surface area contributed by atoms with Crippen molar-refractivity contribution >= 4 is 21.8 Å². The molecule has 0 bridgehead atoms. The Hall–Kier alpha value is -2.93. The Morgan fingerprint density at radius 1 is 1.17 bits per heavy atom. The Morgan fingerprint density at radius 2 is 1.90 bits per heavy atom. The van der Waals surface area contributed by atoms with Gasteiger partial charge in [0.1, 0.15) is 11.6 Å². The molecule has 41 heavy (non-hydrogen) atoms. The van der Waals surface area contributed by atoms with Crippen LogP contribution in [0.15, 0.2) is 47.4 Å². The van der Waals surface area contributed by atoms with Gasteiger partial charge in [-0.1, -0.05) is 25.5 Å². The lowest BCUT2D eigenvalue weighted by molar-refractivity contribution is -0.129. The lowest BCUT2D eigenvalue weighted by Gasteiger charge is -2.38. The molecule has 2 heterocycles. The highest BCUT2D eigenvalue weighted by Gasteiger charge is 2.39. The number of nitrogens with zero attached hydrogens (tertiary/aromatic N) is 2. The van der Waals surface area contributed by atoms with E-state index in [4.69, 9.17) is 0 Å². The summed E-state index contributed by atoms with van der Waals surface area (Å²) >= 11 is 0. The van der Waals surface area contributed by atoms with Crippen LogP contribution in [-0.4, -0.2) is 85.5 Å². The summed E-state index contributed by atoms with van der Waals surface area (Å²) in [5, 5.41) is 17.4. The Morgan fingerprint density at radius 3 is 2.59 bits per heavy atom. The van der Waals surface area contributed by atoms with Crippen molar-refractivity contribution in [1.82, 2.24) is 19.8 Å². The van der Waals surface area contributed by atoms with Crippen LogP contribution in [0.4, 0.5) is 8.78 Å². The van der Waals surface area contributed by atoms with Gasteiger partial charge in [-0.25, -0.2) is 17.2 Å². The van der Waals surface area contributed by atoms with E-state index in [2.05, 4.69) is 10.6 Å². The molecule has 2 aliphatic heterocycles. The monoisotopic (exact) mass is 592 g/mol. The maximum Gasteiger partial charge on any atom is 0.243 e. The summed E-state index contributed by atoms with van der Waals surface area (Å²) in [6, 6.07) is 7.76. The highest BCUT2D eigenvalue weighted by Crippen LogP contribution is 2.23. The number of halogens is 2. The summed E-state index contributed by atoms with van der Waals surface area (Å²) in [6.45, 7) is 4.99. The molecule has 12 heteroatoms. The Balaban J connectivity index is 1.53. The predicted octanol–water partition coefficient (Wildman–Crippen LogP) is 1.97. The molecule has 2 amide bonds. The number of nitrogens with one attached hydrogen (secondary N) is 2. The number of carbonyl (C=O) groups is 2. The van der Waals surface area contributed by atoms with Crippen molar-refractivity contribution < 1.29 is 31.9 Å². The molecule has 0 radical (unpaired) electrons. The standard InChI is InChI=1S/C29H38F2N4O5S/c1-3-4-9-34-17-21(15-27(34)36)29(38)33-25(14-20-12-22(30)16-23(31)13-20)28(37)26-18-35(10-8-32-26)41(39,40)24-7-5-6-19(2)11-24/h5-7,11-13,16,21,25-26,28,32,37H,3-4,8-10,14-15,17-18H2,1-2H3,(H,33,38)/t21?,25?,26-,28+/m1/s1. The van der Waals surface area contributed by atoms with Crippen molar-refractivity contribution in [2.45, 2.75) is 62.6 Å². The first kappa shape index (κ1) is 31.0. The molecular weight excluding hydrogens is 554 g/mol. The van der Waals surface area contributed by atoms with Gasteiger partial charge in [0.15, 0.2) is 0 Å². The number of aliphatic hydroxyl groups excluding tert-OH is 1. The van der Waals surface area contributed by atoms with E-state index in [0.717, 1.165) is 36.6 Å². The van der Waals surface area contributed by atoms with Crippen molar-refractivity contribution in [1.29, 1.82) is 0 Å². The lowest BCUT2D eigenvalue weighted by Crippen LogP contribution is -2.62. The first-order valence-electron chi connectivity index (χ1n) is 14.0. The highest BCUT2D eigenvalue weighted by molar-refractivity contribution is 7.89. The summed E-state index contributed by atoms with van der Waals surface area (Å²) in [7, 11) is -3.85. The third kappa shape index (κ3) is 7.68. The van der Waals surface area contributed by atoms with Crippen LogP contribution < -0.4 is 10.6 Å². The molecule has 224 valence electrons. The number of amides is 2. The third-order valence-corrected chi connectivity index (χ3v) is 9.55. The summed E-state index contributed by atoms with van der Waals surface area (Å²) < 4.78 is 56.0. The number of aryl methyl sites for hydroxylation is 1. The molecule has 4 rings (SSSR count). The minimum absolute atomic E-state index is 0.0388. The molecule has 2 aliphatic rings. The molecule has 0 saturated carbocycles. The fourth-order valence-electron chi connectivity index (χ4n) is 5.46. The number of likely N-dealkylation sites (tertiary alicyclic amines) is 1. The van der Waals surface area contributed by atoms with Crippen LogP contribution >= 0.6 is 0 Å². The molecule has 0 spiro atoms. The summed E-state index contributed by atoms with van der Waals surface area (Å²) in [4.78, 5) is 27.5. The molecule has 2 unspecified atom stereocenters. The molecule has 0 aliphatic carbocycles. The normalized spacial score (nSPS) is 21.6. The van der Waals surface area contributed by atoms with Gasteiger partial charge in [0, 0.05) is 51.3 Å². The summed E-state index contributed by atoms with van der Waals surface area (Å²) in [5.41, 5.74) is 1.01. The fraction of sp³-hybridized carbons (Fsp3) is 0.517. The Kier molecular flexibility index (Phi) is 10.1. The summed E-state index contributed by atoms with van der Waals surface area (Å²) in [6.07, 6.45) is 0.349. The van der Waals surface area contributed by atoms with Gasteiger partial charge in [0.2, 0.25) is 21.8 Å². The van der Waals surface area contributed by atoms with Crippen molar-refractivity contribution in [3.05, 3.63) is 65.2 Å². The van der Waals surface area contributed by atoms with Crippen molar-refractivity contribution in [2.75, 3.05) is 32.7 Å². The lowest BCUT2D eigenvalue weighted by atomic mass is 9.94. The second-order valence-electron chi connectivity index (χ2n) is 10.9. The van der Waals surface area contributed by atoms with Crippen molar-refractivity contribution in [3.8, 4) is 0 Å². The van der Waals surface area contributed by atoms with Crippen LogP contribution in [0.1, 0.15) is 37.3 Å². The number of rotatable bonds is 11. The minimum atomic E-state index is -3.85. The molecule has 0 aromatic heterocycles. The highest BCUT2D eigenvalue weighted by atomic mass is 32.2. The quantitative estimate of drug-likeness (QED) is 0.367. The number of carbonyl (C=O) groups excluding carboxylic acids is 2. The largest absolute Gasteiger partial charge is 0.389 e. The zero-order valence-corrected chi connectivity index (χ0v) is 24.2. The average molecular weight is 593 g/mol. The maximum absolute atomic E-state index is 14.0. The smallest absolute Gasteiger partial charge is 0.243 e. The molecule has 9 nitrogen and oxygen atoms in total. The number of aliphatic hydroxyl groups is 1. The number of piperazine rings is 1. The van der Waals surface area contributed by atoms with E-state index >= 15 is 0 Å². The van der Waals surface area contributed by atoms with Crippen LogP contribution in [0.3, 0.4) is 0 Å². The van der Waals surface area contributed by atoms with Crippen LogP contribution in [0.25, 0.3) is 0 Å². The van der Waals surface area contributed by atoms with E-state index in [1.165, 1.54) is 10.4 Å². The zero-order chi connectivity index (χ0) is 29.7. The van der Waals surface area contributed by atoms with Crippen LogP contribution in [0, 0.1) is 24.5 Å². The second kappa shape index (κ2) is 13.4. The van der Waals surface area contributed by atoms with Gasteiger partial charge in [-0.3, -0.25) is 9.59 Å². The molecule has 3 N–H and O–H groups in total. The van der Waals surface area contributed by atoms with Crippen LogP contribution in [0.5, 0.6) is 0 Å². The van der Waals surface area contributed by atoms with E-state index in [9.17, 15) is 31.9 Å². The topological polar surface area (TPSA) is 119 Å². The molecular formula is C29H38F2N4O5S. The van der Waals surface area contributed by atoms with Crippen molar-refractivity contribution in [3.63, 3.8) is 0 Å². The number of benzene rings is 2. The number of unbranched alkanes of at least 4 members (excludes halogenated alkanes) is 1. The minimum Gasteiger partial charge on any atom is -0.389 e. The maximum atomic E-state index is 14.0. The van der Waals surface area contributed by atoms with E-state index in [0.29, 0.717) is 6.54 Å². The molecule has 2 fully saturated rings. The first-order valence-corrected chi connectivity index (χ1v) is 15.4. The Labute approximate surface area is 240 Å². The summed E-state index contributed by atoms with van der Waals surface area (Å²) in [5.74, 6) is -2.78. The van der Waals surface area contributed by atoms with Gasteiger partial charge in [-0.15, -0.1) is 0 Å². The van der Waals surface area contributed by atoms with Gasteiger partial charge in [0.05, 0.1) is 23.0 Å². The van der Waals surface area contributed by atoms with Crippen LogP contribution in [0.2, 0.25) is 0 Å². The zero-order valence-electron chi connectivity index (χ0n) is 23.4. The molecule has 4 atom stereocenters. The number of hydrogen-bond donors (Lipinski definition) is 3. The predicted molar refractivity (Wildman–Crippen MR) is 149 cm³/mol. The third-order valence-electron chi connectivity index (χ3n) is 7.69.